The van der Waals surface area contributed by atoms with Gasteiger partial charge in [0.1, 0.15) is 4.21 Å². The van der Waals surface area contributed by atoms with E-state index in [0.717, 1.165) is 30.8 Å². The Morgan fingerprint density at radius 2 is 2.00 bits per heavy atom. The maximum absolute atomic E-state index is 12.4. The van der Waals surface area contributed by atoms with Gasteiger partial charge in [-0.05, 0) is 45.0 Å². The van der Waals surface area contributed by atoms with Crippen molar-refractivity contribution in [2.75, 3.05) is 20.1 Å². The average molecular weight is 274 g/mol. The molecule has 2 rings (SSSR count). The number of hydrogen-bond acceptors (Lipinski definition) is 4. The molecule has 0 aliphatic carbocycles. The lowest BCUT2D eigenvalue weighted by atomic mass is 10.1. The molecule has 1 aromatic rings. The van der Waals surface area contributed by atoms with Gasteiger partial charge in [0, 0.05) is 18.0 Å². The Morgan fingerprint density at radius 3 is 2.53 bits per heavy atom. The summed E-state index contributed by atoms with van der Waals surface area (Å²) in [5.74, 6) is 0. The Kier molecular flexibility index (Phi) is 3.87. The Labute approximate surface area is 107 Å². The summed E-state index contributed by atoms with van der Waals surface area (Å²) in [6, 6.07) is 3.68. The number of rotatable bonds is 3. The minimum absolute atomic E-state index is 0.128. The molecule has 0 amide bonds. The van der Waals surface area contributed by atoms with Crippen LogP contribution in [0.15, 0.2) is 16.3 Å². The number of piperidine rings is 1. The van der Waals surface area contributed by atoms with Crippen molar-refractivity contribution < 1.29 is 8.42 Å². The summed E-state index contributed by atoms with van der Waals surface area (Å²) in [6.45, 7) is 3.72. The van der Waals surface area contributed by atoms with Crippen LogP contribution in [0.25, 0.3) is 0 Å². The van der Waals surface area contributed by atoms with Crippen LogP contribution in [0.5, 0.6) is 0 Å². The highest BCUT2D eigenvalue weighted by Crippen LogP contribution is 2.26. The Hall–Kier alpha value is -0.430. The van der Waals surface area contributed by atoms with E-state index in [1.54, 1.807) is 17.4 Å². The second-order valence-electron chi connectivity index (χ2n) is 4.37. The zero-order valence-electron chi connectivity index (χ0n) is 10.1. The van der Waals surface area contributed by atoms with Gasteiger partial charge in [-0.2, -0.15) is 4.31 Å². The maximum atomic E-state index is 12.4. The first-order valence-corrected chi connectivity index (χ1v) is 8.02. The number of thiophene rings is 1. The van der Waals surface area contributed by atoms with Gasteiger partial charge in [0.05, 0.1) is 0 Å². The fourth-order valence-corrected chi connectivity index (χ4v) is 4.94. The summed E-state index contributed by atoms with van der Waals surface area (Å²) in [5, 5.41) is 3.25. The molecule has 6 heteroatoms. The van der Waals surface area contributed by atoms with Gasteiger partial charge in [-0.1, -0.05) is 0 Å². The van der Waals surface area contributed by atoms with Crippen LogP contribution in [0.1, 0.15) is 17.7 Å². The van der Waals surface area contributed by atoms with Crippen LogP contribution in [-0.4, -0.2) is 38.9 Å². The van der Waals surface area contributed by atoms with E-state index < -0.39 is 10.0 Å². The van der Waals surface area contributed by atoms with Crippen molar-refractivity contribution in [2.45, 2.75) is 30.0 Å². The molecule has 1 N–H and O–H groups in total. The molecule has 4 nitrogen and oxygen atoms in total. The molecule has 96 valence electrons. The van der Waals surface area contributed by atoms with E-state index in [1.165, 1.54) is 11.3 Å². The number of nitrogens with zero attached hydrogens (tertiary/aromatic N) is 1. The molecule has 0 spiro atoms. The molecular formula is C11H18N2O2S2. The molecule has 0 unspecified atom stereocenters. The summed E-state index contributed by atoms with van der Waals surface area (Å²) >= 11 is 1.34. The molecular weight excluding hydrogens is 256 g/mol. The summed E-state index contributed by atoms with van der Waals surface area (Å²) in [5.41, 5.74) is 0. The van der Waals surface area contributed by atoms with Gasteiger partial charge in [0.2, 0.25) is 0 Å². The molecule has 0 bridgehead atoms. The second-order valence-corrected chi connectivity index (χ2v) is 7.88. The van der Waals surface area contributed by atoms with Crippen molar-refractivity contribution in [3.63, 3.8) is 0 Å². The maximum Gasteiger partial charge on any atom is 0.252 e. The minimum atomic E-state index is -3.29. The molecule has 1 aliphatic rings. The zero-order valence-corrected chi connectivity index (χ0v) is 11.8. The lowest BCUT2D eigenvalue weighted by Crippen LogP contribution is -2.43. The van der Waals surface area contributed by atoms with Crippen molar-refractivity contribution in [1.82, 2.24) is 9.62 Å². The predicted octanol–water partition coefficient (Wildman–Crippen LogP) is 1.43. The van der Waals surface area contributed by atoms with E-state index in [1.807, 2.05) is 13.0 Å². The quantitative estimate of drug-likeness (QED) is 0.907. The SMILES string of the molecule is Cc1ccc(S(=O)(=O)N(C)C2CCNCC2)s1. The first-order chi connectivity index (χ1) is 8.01. The first kappa shape index (κ1) is 13.0. The summed E-state index contributed by atoms with van der Waals surface area (Å²) < 4.78 is 26.7. The zero-order chi connectivity index (χ0) is 12.5. The molecule has 0 saturated carbocycles. The smallest absolute Gasteiger partial charge is 0.252 e. The fourth-order valence-electron chi connectivity index (χ4n) is 2.06. The molecule has 1 aromatic heterocycles. The van der Waals surface area contributed by atoms with Crippen molar-refractivity contribution >= 4 is 21.4 Å². The van der Waals surface area contributed by atoms with Crippen LogP contribution in [0.2, 0.25) is 0 Å². The van der Waals surface area contributed by atoms with Crippen molar-refractivity contribution in [3.8, 4) is 0 Å². The van der Waals surface area contributed by atoms with Gasteiger partial charge in [0.15, 0.2) is 0 Å². The minimum Gasteiger partial charge on any atom is -0.317 e. The molecule has 0 radical (unpaired) electrons. The van der Waals surface area contributed by atoms with Crippen LogP contribution >= 0.6 is 11.3 Å². The Bertz CT molecular complexity index is 475. The summed E-state index contributed by atoms with van der Waals surface area (Å²) in [4.78, 5) is 1.03. The van der Waals surface area contributed by atoms with Crippen LogP contribution < -0.4 is 5.32 Å². The standard InChI is InChI=1S/C11H18N2O2S2/c1-9-3-4-11(16-9)17(14,15)13(2)10-5-7-12-8-6-10/h3-4,10,12H,5-8H2,1-2H3. The summed E-state index contributed by atoms with van der Waals surface area (Å²) in [6.07, 6.45) is 1.78. The number of nitrogens with one attached hydrogen (secondary N) is 1. The van der Waals surface area contributed by atoms with E-state index in [4.69, 9.17) is 0 Å². The van der Waals surface area contributed by atoms with Crippen LogP contribution in [0, 0.1) is 6.92 Å². The third kappa shape index (κ3) is 2.70. The van der Waals surface area contributed by atoms with Crippen LogP contribution in [0.4, 0.5) is 0 Å². The average Bonchev–Trinajstić information content (AvgIpc) is 2.77. The number of hydrogen-bond donors (Lipinski definition) is 1. The van der Waals surface area contributed by atoms with Crippen LogP contribution in [0.3, 0.4) is 0 Å². The Morgan fingerprint density at radius 1 is 1.35 bits per heavy atom. The van der Waals surface area contributed by atoms with Gasteiger partial charge in [-0.15, -0.1) is 11.3 Å². The van der Waals surface area contributed by atoms with Crippen molar-refractivity contribution in [3.05, 3.63) is 17.0 Å². The lowest BCUT2D eigenvalue weighted by molar-refractivity contribution is 0.297. The first-order valence-electron chi connectivity index (χ1n) is 5.77. The monoisotopic (exact) mass is 274 g/mol. The fraction of sp³-hybridized carbons (Fsp3) is 0.636. The van der Waals surface area contributed by atoms with Gasteiger partial charge < -0.3 is 5.32 Å². The largest absolute Gasteiger partial charge is 0.317 e. The van der Waals surface area contributed by atoms with Crippen molar-refractivity contribution in [2.24, 2.45) is 0 Å². The highest BCUT2D eigenvalue weighted by molar-refractivity contribution is 7.91. The van der Waals surface area contributed by atoms with Gasteiger partial charge in [-0.3, -0.25) is 0 Å². The third-order valence-electron chi connectivity index (χ3n) is 3.17. The van der Waals surface area contributed by atoms with E-state index in [9.17, 15) is 8.42 Å². The summed E-state index contributed by atoms with van der Waals surface area (Å²) in [7, 11) is -1.60. The molecule has 2 heterocycles. The number of sulfonamides is 1. The highest BCUT2D eigenvalue weighted by Gasteiger charge is 2.29. The lowest BCUT2D eigenvalue weighted by Gasteiger charge is -2.30. The van der Waals surface area contributed by atoms with Crippen LogP contribution in [-0.2, 0) is 10.0 Å². The van der Waals surface area contributed by atoms with Gasteiger partial charge in [0.25, 0.3) is 10.0 Å². The highest BCUT2D eigenvalue weighted by atomic mass is 32.2. The van der Waals surface area contributed by atoms with Crippen molar-refractivity contribution in [1.29, 1.82) is 0 Å². The third-order valence-corrected chi connectivity index (χ3v) is 6.55. The molecule has 1 saturated heterocycles. The molecule has 17 heavy (non-hydrogen) atoms. The molecule has 0 aromatic carbocycles. The predicted molar refractivity (Wildman–Crippen MR) is 69.9 cm³/mol. The van der Waals surface area contributed by atoms with E-state index in [0.29, 0.717) is 4.21 Å². The van der Waals surface area contributed by atoms with E-state index in [-0.39, 0.29) is 6.04 Å². The Balaban J connectivity index is 2.20. The van der Waals surface area contributed by atoms with E-state index >= 15 is 0 Å². The van der Waals surface area contributed by atoms with Gasteiger partial charge >= 0.3 is 0 Å². The topological polar surface area (TPSA) is 49.4 Å². The molecule has 1 aliphatic heterocycles. The molecule has 1 fully saturated rings. The van der Waals surface area contributed by atoms with E-state index in [2.05, 4.69) is 5.32 Å². The van der Waals surface area contributed by atoms with Gasteiger partial charge in [-0.25, -0.2) is 8.42 Å². The normalized spacial score (nSPS) is 18.8. The molecule has 0 atom stereocenters. The number of aryl methyl sites for hydroxylation is 1. The second kappa shape index (κ2) is 5.06.